The van der Waals surface area contributed by atoms with E-state index in [0.717, 1.165) is 23.3 Å². The van der Waals surface area contributed by atoms with Crippen LogP contribution in [0.15, 0.2) is 0 Å². The average molecular weight is 248 g/mol. The Bertz CT molecular complexity index is 306. The topological polar surface area (TPSA) is 15.3 Å². The van der Waals surface area contributed by atoms with Crippen LogP contribution in [0.25, 0.3) is 0 Å². The summed E-state index contributed by atoms with van der Waals surface area (Å²) in [5, 5.41) is 3.72. The van der Waals surface area contributed by atoms with Gasteiger partial charge < -0.3 is 5.32 Å². The number of hydrogen-bond donors (Lipinski definition) is 1. The first kappa shape index (κ1) is 11.7. The summed E-state index contributed by atoms with van der Waals surface area (Å²) in [6.45, 7) is 5.42. The fourth-order valence-electron chi connectivity index (χ4n) is 5.95. The molecule has 18 heavy (non-hydrogen) atoms. The number of hydrogen-bond acceptors (Lipinski definition) is 2. The van der Waals surface area contributed by atoms with Gasteiger partial charge in [0.1, 0.15) is 0 Å². The Morgan fingerprint density at radius 2 is 1.83 bits per heavy atom. The Morgan fingerprint density at radius 3 is 2.72 bits per heavy atom. The lowest BCUT2D eigenvalue weighted by molar-refractivity contribution is 0.0322. The first-order chi connectivity index (χ1) is 8.90. The van der Waals surface area contributed by atoms with Crippen molar-refractivity contribution in [3.05, 3.63) is 0 Å². The Labute approximate surface area is 111 Å². The highest BCUT2D eigenvalue weighted by molar-refractivity contribution is 5.08. The van der Waals surface area contributed by atoms with Crippen LogP contribution in [0.3, 0.4) is 0 Å². The van der Waals surface area contributed by atoms with Gasteiger partial charge in [-0.25, -0.2) is 0 Å². The molecule has 1 saturated carbocycles. The summed E-state index contributed by atoms with van der Waals surface area (Å²) < 4.78 is 0. The van der Waals surface area contributed by atoms with Gasteiger partial charge in [0.05, 0.1) is 0 Å². The van der Waals surface area contributed by atoms with Crippen LogP contribution in [0.5, 0.6) is 0 Å². The van der Waals surface area contributed by atoms with Crippen LogP contribution in [0.4, 0.5) is 0 Å². The number of nitrogens with zero attached hydrogens (tertiary/aromatic N) is 1. The van der Waals surface area contributed by atoms with Crippen molar-refractivity contribution in [2.24, 2.45) is 17.3 Å². The average Bonchev–Trinajstić information content (AvgIpc) is 3.10. The summed E-state index contributed by atoms with van der Waals surface area (Å²) in [5.41, 5.74) is 0.719. The van der Waals surface area contributed by atoms with Gasteiger partial charge in [0.15, 0.2) is 0 Å². The zero-order valence-electron chi connectivity index (χ0n) is 11.7. The van der Waals surface area contributed by atoms with Crippen molar-refractivity contribution in [2.45, 2.75) is 57.4 Å². The molecule has 3 saturated heterocycles. The van der Waals surface area contributed by atoms with Crippen LogP contribution in [0.2, 0.25) is 0 Å². The number of piperidine rings is 1. The summed E-state index contributed by atoms with van der Waals surface area (Å²) in [4.78, 5) is 2.84. The van der Waals surface area contributed by atoms with E-state index in [1.54, 1.807) is 0 Å². The van der Waals surface area contributed by atoms with Crippen molar-refractivity contribution in [2.75, 3.05) is 26.2 Å². The molecule has 4 aliphatic rings. The fraction of sp³-hybridized carbons (Fsp3) is 1.00. The van der Waals surface area contributed by atoms with Gasteiger partial charge in [-0.2, -0.15) is 0 Å². The highest BCUT2D eigenvalue weighted by Gasteiger charge is 2.55. The standard InChI is InChI=1S/C16H28N2/c1-2-5-13(4-1)14-12-17-9-7-16(14)8-11-18-10-3-6-15(16)18/h13-15,17H,1-12H2. The monoisotopic (exact) mass is 248 g/mol. The molecule has 4 rings (SSSR count). The molecule has 102 valence electrons. The van der Waals surface area contributed by atoms with Gasteiger partial charge in [-0.1, -0.05) is 25.7 Å². The van der Waals surface area contributed by atoms with Crippen LogP contribution in [0.1, 0.15) is 51.4 Å². The van der Waals surface area contributed by atoms with E-state index in [-0.39, 0.29) is 0 Å². The van der Waals surface area contributed by atoms with E-state index < -0.39 is 0 Å². The van der Waals surface area contributed by atoms with Crippen molar-refractivity contribution in [3.8, 4) is 0 Å². The summed E-state index contributed by atoms with van der Waals surface area (Å²) in [7, 11) is 0. The molecule has 3 aliphatic heterocycles. The minimum Gasteiger partial charge on any atom is -0.316 e. The lowest BCUT2D eigenvalue weighted by atomic mass is 9.61. The molecular weight excluding hydrogens is 220 g/mol. The summed E-state index contributed by atoms with van der Waals surface area (Å²) >= 11 is 0. The minimum absolute atomic E-state index is 0.719. The molecule has 3 unspecified atom stereocenters. The molecular formula is C16H28N2. The first-order valence-corrected chi connectivity index (χ1v) is 8.35. The second kappa shape index (κ2) is 4.49. The molecule has 1 spiro atoms. The molecule has 2 heteroatoms. The van der Waals surface area contributed by atoms with E-state index in [1.165, 1.54) is 77.5 Å². The lowest BCUT2D eigenvalue weighted by Crippen LogP contribution is -2.52. The molecule has 0 bridgehead atoms. The van der Waals surface area contributed by atoms with Crippen molar-refractivity contribution in [1.29, 1.82) is 0 Å². The molecule has 0 aromatic rings. The van der Waals surface area contributed by atoms with Gasteiger partial charge in [-0.15, -0.1) is 0 Å². The third kappa shape index (κ3) is 1.61. The Kier molecular flexibility index (Phi) is 2.92. The zero-order chi connectivity index (χ0) is 12.0. The fourth-order valence-corrected chi connectivity index (χ4v) is 5.95. The summed E-state index contributed by atoms with van der Waals surface area (Å²) in [5.74, 6) is 2.06. The quantitative estimate of drug-likeness (QED) is 0.767. The van der Waals surface area contributed by atoms with Crippen molar-refractivity contribution in [1.82, 2.24) is 10.2 Å². The third-order valence-corrected chi connectivity index (χ3v) is 6.73. The SMILES string of the molecule is C1CCC(C2CNCCC23CCN2CCCC23)C1. The minimum atomic E-state index is 0.719. The van der Waals surface area contributed by atoms with E-state index in [4.69, 9.17) is 0 Å². The maximum atomic E-state index is 3.72. The van der Waals surface area contributed by atoms with E-state index >= 15 is 0 Å². The largest absolute Gasteiger partial charge is 0.316 e. The predicted molar refractivity (Wildman–Crippen MR) is 74.6 cm³/mol. The van der Waals surface area contributed by atoms with Crippen molar-refractivity contribution >= 4 is 0 Å². The molecule has 0 amide bonds. The van der Waals surface area contributed by atoms with E-state index in [2.05, 4.69) is 10.2 Å². The molecule has 0 aromatic carbocycles. The normalized spacial score (nSPS) is 46.0. The number of fused-ring (bicyclic) bond motifs is 2. The third-order valence-electron chi connectivity index (χ3n) is 6.73. The van der Waals surface area contributed by atoms with Gasteiger partial charge in [-0.3, -0.25) is 4.90 Å². The highest BCUT2D eigenvalue weighted by atomic mass is 15.2. The van der Waals surface area contributed by atoms with Gasteiger partial charge in [0.25, 0.3) is 0 Å². The van der Waals surface area contributed by atoms with Gasteiger partial charge in [0.2, 0.25) is 0 Å². The molecule has 1 N–H and O–H groups in total. The molecule has 3 atom stereocenters. The van der Waals surface area contributed by atoms with Crippen LogP contribution in [-0.2, 0) is 0 Å². The molecule has 1 aliphatic carbocycles. The lowest BCUT2D eigenvalue weighted by Gasteiger charge is -2.48. The molecule has 3 heterocycles. The van der Waals surface area contributed by atoms with Gasteiger partial charge in [-0.05, 0) is 69.1 Å². The van der Waals surface area contributed by atoms with E-state index in [9.17, 15) is 0 Å². The predicted octanol–water partition coefficient (Wildman–Crippen LogP) is 2.64. The van der Waals surface area contributed by atoms with Crippen molar-refractivity contribution < 1.29 is 0 Å². The first-order valence-electron chi connectivity index (χ1n) is 8.35. The molecule has 4 fully saturated rings. The summed E-state index contributed by atoms with van der Waals surface area (Å²) in [6, 6.07) is 0.963. The second-order valence-corrected chi connectivity index (χ2v) is 7.28. The highest BCUT2D eigenvalue weighted by Crippen LogP contribution is 2.55. The smallest absolute Gasteiger partial charge is 0.0156 e. The van der Waals surface area contributed by atoms with Crippen LogP contribution >= 0.6 is 0 Å². The van der Waals surface area contributed by atoms with Crippen LogP contribution in [-0.4, -0.2) is 37.1 Å². The molecule has 2 nitrogen and oxygen atoms in total. The number of rotatable bonds is 1. The van der Waals surface area contributed by atoms with Crippen LogP contribution < -0.4 is 5.32 Å². The molecule has 0 radical (unpaired) electrons. The van der Waals surface area contributed by atoms with E-state index in [0.29, 0.717) is 0 Å². The zero-order valence-corrected chi connectivity index (χ0v) is 11.7. The van der Waals surface area contributed by atoms with Crippen molar-refractivity contribution in [3.63, 3.8) is 0 Å². The Hall–Kier alpha value is -0.0800. The van der Waals surface area contributed by atoms with E-state index in [1.807, 2.05) is 0 Å². The Balaban J connectivity index is 1.62. The maximum absolute atomic E-state index is 3.72. The molecule has 0 aromatic heterocycles. The Morgan fingerprint density at radius 1 is 0.944 bits per heavy atom. The van der Waals surface area contributed by atoms with Gasteiger partial charge >= 0.3 is 0 Å². The maximum Gasteiger partial charge on any atom is 0.0156 e. The number of nitrogens with one attached hydrogen (secondary N) is 1. The van der Waals surface area contributed by atoms with Gasteiger partial charge in [0, 0.05) is 6.04 Å². The second-order valence-electron chi connectivity index (χ2n) is 7.28. The summed E-state index contributed by atoms with van der Waals surface area (Å²) in [6.07, 6.45) is 12.0. The van der Waals surface area contributed by atoms with Crippen LogP contribution in [0, 0.1) is 17.3 Å².